The van der Waals surface area contributed by atoms with Gasteiger partial charge in [-0.05, 0) is 78.8 Å². The lowest BCUT2D eigenvalue weighted by atomic mass is 9.99. The number of anilines is 1. The van der Waals surface area contributed by atoms with Crippen LogP contribution in [0.3, 0.4) is 0 Å². The molecule has 0 atom stereocenters. The van der Waals surface area contributed by atoms with Gasteiger partial charge in [-0.25, -0.2) is 4.79 Å². The standard InChI is InChI=1S/C26H29N3O4S/c1-2-33-26(31)22-16-21-15-20(9-10-23(21)28-24(17-22)27-11-14-34-32)18-5-7-19(8-6-18)25(30)29-12-3-4-13-29/h5-10,15-16,32H,2-4,11-14,17H2,1H3,(H,27,28). The molecule has 2 heterocycles. The molecule has 2 aromatic carbocycles. The summed E-state index contributed by atoms with van der Waals surface area (Å²) in [6, 6.07) is 13.7. The number of nitrogens with zero attached hydrogens (tertiary/aromatic N) is 2. The lowest BCUT2D eigenvalue weighted by molar-refractivity contribution is -0.138. The molecule has 0 spiro atoms. The molecular weight excluding hydrogens is 450 g/mol. The molecule has 0 aliphatic carbocycles. The molecule has 0 unspecified atom stereocenters. The first-order chi connectivity index (χ1) is 16.6. The number of carbonyl (C=O) groups is 2. The van der Waals surface area contributed by atoms with Crippen molar-refractivity contribution in [3.8, 4) is 11.1 Å². The minimum absolute atomic E-state index is 0.0867. The Morgan fingerprint density at radius 3 is 2.56 bits per heavy atom. The molecule has 2 N–H and O–H groups in total. The summed E-state index contributed by atoms with van der Waals surface area (Å²) in [7, 11) is 0. The number of likely N-dealkylation sites (tertiary alicyclic amines) is 1. The van der Waals surface area contributed by atoms with Crippen molar-refractivity contribution < 1.29 is 18.9 Å². The fourth-order valence-electron chi connectivity index (χ4n) is 4.17. The summed E-state index contributed by atoms with van der Waals surface area (Å²) in [5, 5.41) is 3.33. The number of esters is 1. The van der Waals surface area contributed by atoms with Crippen LogP contribution in [0.1, 0.15) is 42.1 Å². The maximum atomic E-state index is 12.6. The van der Waals surface area contributed by atoms with Gasteiger partial charge in [-0.2, -0.15) is 0 Å². The second-order valence-corrected chi connectivity index (χ2v) is 8.90. The first-order valence-corrected chi connectivity index (χ1v) is 12.5. The van der Waals surface area contributed by atoms with Gasteiger partial charge in [0.05, 0.1) is 13.2 Å². The van der Waals surface area contributed by atoms with Crippen molar-refractivity contribution in [2.24, 2.45) is 4.99 Å². The Morgan fingerprint density at radius 2 is 1.85 bits per heavy atom. The SMILES string of the molecule is CCOC(=O)C1=Cc2cc(-c3ccc(C(=O)N4CCCC4)cc3)ccc2NC(=NCCSO)C1. The van der Waals surface area contributed by atoms with Crippen LogP contribution in [-0.2, 0) is 9.53 Å². The Morgan fingerprint density at radius 1 is 1.12 bits per heavy atom. The zero-order valence-corrected chi connectivity index (χ0v) is 20.1. The van der Waals surface area contributed by atoms with Gasteiger partial charge in [0.25, 0.3) is 5.91 Å². The van der Waals surface area contributed by atoms with E-state index in [0.717, 1.165) is 60.4 Å². The number of hydrogen-bond acceptors (Lipinski definition) is 6. The third-order valence-electron chi connectivity index (χ3n) is 5.90. The van der Waals surface area contributed by atoms with E-state index in [1.54, 1.807) is 6.92 Å². The quantitative estimate of drug-likeness (QED) is 0.331. The topological polar surface area (TPSA) is 91.2 Å². The van der Waals surface area contributed by atoms with Crippen molar-refractivity contribution in [1.82, 2.24) is 4.90 Å². The van der Waals surface area contributed by atoms with Crippen molar-refractivity contribution >= 4 is 41.5 Å². The van der Waals surface area contributed by atoms with Gasteiger partial charge in [-0.3, -0.25) is 9.79 Å². The van der Waals surface area contributed by atoms with E-state index in [9.17, 15) is 9.59 Å². The number of aliphatic imine (C=N–C) groups is 1. The largest absolute Gasteiger partial charge is 0.463 e. The van der Waals surface area contributed by atoms with Gasteiger partial charge in [0.1, 0.15) is 5.84 Å². The van der Waals surface area contributed by atoms with Crippen molar-refractivity contribution in [2.75, 3.05) is 37.3 Å². The summed E-state index contributed by atoms with van der Waals surface area (Å²) in [5.74, 6) is 0.857. The lowest BCUT2D eigenvalue weighted by Gasteiger charge is -2.15. The zero-order valence-electron chi connectivity index (χ0n) is 19.3. The fourth-order valence-corrected chi connectivity index (χ4v) is 4.35. The van der Waals surface area contributed by atoms with Crippen LogP contribution < -0.4 is 5.32 Å². The summed E-state index contributed by atoms with van der Waals surface area (Å²) in [4.78, 5) is 31.6. The van der Waals surface area contributed by atoms with Gasteiger partial charge in [-0.1, -0.05) is 18.2 Å². The molecule has 2 aliphatic heterocycles. The summed E-state index contributed by atoms with van der Waals surface area (Å²) in [5.41, 5.74) is 4.90. The number of amidine groups is 1. The van der Waals surface area contributed by atoms with Crippen molar-refractivity contribution in [3.05, 3.63) is 59.2 Å². The highest BCUT2D eigenvalue weighted by molar-refractivity contribution is 7.93. The fraction of sp³-hybridized carbons (Fsp3) is 0.346. The zero-order chi connectivity index (χ0) is 23.9. The third-order valence-corrected chi connectivity index (χ3v) is 6.26. The number of amides is 1. The van der Waals surface area contributed by atoms with E-state index in [0.29, 0.717) is 42.3 Å². The van der Waals surface area contributed by atoms with E-state index >= 15 is 0 Å². The molecule has 1 saturated heterocycles. The van der Waals surface area contributed by atoms with Crippen LogP contribution >= 0.6 is 12.0 Å². The molecule has 178 valence electrons. The molecule has 0 bridgehead atoms. The number of fused-ring (bicyclic) bond motifs is 1. The Kier molecular flexibility index (Phi) is 8.03. The Labute approximate surface area is 204 Å². The van der Waals surface area contributed by atoms with E-state index in [1.165, 1.54) is 0 Å². The molecule has 0 saturated carbocycles. The maximum Gasteiger partial charge on any atom is 0.334 e. The molecule has 4 rings (SSSR count). The molecule has 8 heteroatoms. The van der Waals surface area contributed by atoms with Gasteiger partial charge < -0.3 is 19.5 Å². The molecule has 34 heavy (non-hydrogen) atoms. The van der Waals surface area contributed by atoms with Gasteiger partial charge in [0.15, 0.2) is 0 Å². The number of nitrogens with one attached hydrogen (secondary N) is 1. The Hall–Kier alpha value is -3.10. The molecule has 0 aromatic heterocycles. The van der Waals surface area contributed by atoms with E-state index < -0.39 is 0 Å². The van der Waals surface area contributed by atoms with Gasteiger partial charge in [-0.15, -0.1) is 0 Å². The number of carbonyl (C=O) groups excluding carboxylic acids is 2. The number of benzene rings is 2. The Balaban J connectivity index is 1.61. The second-order valence-electron chi connectivity index (χ2n) is 8.23. The molecule has 2 aliphatic rings. The monoisotopic (exact) mass is 479 g/mol. The van der Waals surface area contributed by atoms with Crippen LogP contribution in [0.4, 0.5) is 5.69 Å². The first kappa shape index (κ1) is 24.0. The average molecular weight is 480 g/mol. The number of hydrogen-bond donors (Lipinski definition) is 2. The van der Waals surface area contributed by atoms with E-state index in [1.807, 2.05) is 53.4 Å². The first-order valence-electron chi connectivity index (χ1n) is 11.6. The normalized spacial score (nSPS) is 16.5. The molecule has 1 fully saturated rings. The van der Waals surface area contributed by atoms with Crippen LogP contribution in [0.15, 0.2) is 53.0 Å². The minimum Gasteiger partial charge on any atom is -0.463 e. The summed E-state index contributed by atoms with van der Waals surface area (Å²) in [6.45, 7) is 4.18. The second kappa shape index (κ2) is 11.4. The highest BCUT2D eigenvalue weighted by atomic mass is 32.2. The highest BCUT2D eigenvalue weighted by Gasteiger charge is 2.21. The van der Waals surface area contributed by atoms with Crippen molar-refractivity contribution in [2.45, 2.75) is 26.2 Å². The summed E-state index contributed by atoms with van der Waals surface area (Å²) >= 11 is 0.741. The molecule has 2 aromatic rings. The van der Waals surface area contributed by atoms with E-state index in [4.69, 9.17) is 9.29 Å². The lowest BCUT2D eigenvalue weighted by Crippen LogP contribution is -2.27. The van der Waals surface area contributed by atoms with Crippen molar-refractivity contribution in [1.29, 1.82) is 0 Å². The predicted octanol–water partition coefficient (Wildman–Crippen LogP) is 4.96. The summed E-state index contributed by atoms with van der Waals surface area (Å²) < 4.78 is 14.2. The molecule has 1 amide bonds. The van der Waals surface area contributed by atoms with Crippen LogP contribution in [0.2, 0.25) is 0 Å². The van der Waals surface area contributed by atoms with Gasteiger partial charge in [0, 0.05) is 42.1 Å². The smallest absolute Gasteiger partial charge is 0.334 e. The molecule has 0 radical (unpaired) electrons. The number of rotatable bonds is 7. The van der Waals surface area contributed by atoms with Crippen molar-refractivity contribution in [3.63, 3.8) is 0 Å². The highest BCUT2D eigenvalue weighted by Crippen LogP contribution is 2.30. The van der Waals surface area contributed by atoms with Crippen LogP contribution in [0.25, 0.3) is 17.2 Å². The van der Waals surface area contributed by atoms with Crippen LogP contribution in [0.5, 0.6) is 0 Å². The van der Waals surface area contributed by atoms with Crippen LogP contribution in [0, 0.1) is 0 Å². The van der Waals surface area contributed by atoms with E-state index in [2.05, 4.69) is 10.3 Å². The Bertz CT molecular complexity index is 1110. The molecule has 7 nitrogen and oxygen atoms in total. The summed E-state index contributed by atoms with van der Waals surface area (Å²) in [6.07, 6.45) is 4.31. The maximum absolute atomic E-state index is 12.6. The average Bonchev–Trinajstić information content (AvgIpc) is 3.32. The van der Waals surface area contributed by atoms with Crippen LogP contribution in [-0.4, -0.2) is 59.2 Å². The minimum atomic E-state index is -0.364. The van der Waals surface area contributed by atoms with Gasteiger partial charge in [0.2, 0.25) is 0 Å². The van der Waals surface area contributed by atoms with E-state index in [-0.39, 0.29) is 11.9 Å². The predicted molar refractivity (Wildman–Crippen MR) is 137 cm³/mol. The van der Waals surface area contributed by atoms with Gasteiger partial charge >= 0.3 is 5.97 Å². The number of ether oxygens (including phenoxy) is 1. The molecular formula is C26H29N3O4S. The third kappa shape index (κ3) is 5.69.